The van der Waals surface area contributed by atoms with Gasteiger partial charge in [-0.2, -0.15) is 0 Å². The molecule has 0 radical (unpaired) electrons. The van der Waals surface area contributed by atoms with Crippen LogP contribution in [0.15, 0.2) is 0 Å². The first-order valence-electron chi connectivity index (χ1n) is 6.71. The van der Waals surface area contributed by atoms with Crippen molar-refractivity contribution in [2.24, 2.45) is 11.8 Å². The Kier molecular flexibility index (Phi) is 5.75. The normalized spacial score (nSPS) is 34.7. The van der Waals surface area contributed by atoms with Gasteiger partial charge in [-0.1, -0.05) is 0 Å². The van der Waals surface area contributed by atoms with Gasteiger partial charge in [0.25, 0.3) is 0 Å². The Morgan fingerprint density at radius 3 is 1.68 bits per heavy atom. The Balaban J connectivity index is 2.89. The fourth-order valence-electron chi connectivity index (χ4n) is 2.60. The number of carbonyl (C=O) groups is 2. The fraction of sp³-hybridized carbons (Fsp3) is 0.846. The summed E-state index contributed by atoms with van der Waals surface area (Å²) >= 11 is 0. The number of esters is 2. The highest BCUT2D eigenvalue weighted by Gasteiger charge is 2.48. The summed E-state index contributed by atoms with van der Waals surface area (Å²) in [5.74, 6) is -2.50. The van der Waals surface area contributed by atoms with E-state index in [-0.39, 0.29) is 25.3 Å². The molecular weight excluding hydrogens is 250 g/mol. The second-order valence-electron chi connectivity index (χ2n) is 4.79. The third-order valence-electron chi connectivity index (χ3n) is 3.46. The summed E-state index contributed by atoms with van der Waals surface area (Å²) in [6.45, 7) is 7.49. The first-order valence-corrected chi connectivity index (χ1v) is 6.71. The molecule has 0 aromatic rings. The summed E-state index contributed by atoms with van der Waals surface area (Å²) in [6.07, 6.45) is -1.09. The molecule has 1 heterocycles. The van der Waals surface area contributed by atoms with Crippen LogP contribution in [0, 0.1) is 11.8 Å². The zero-order chi connectivity index (χ0) is 14.6. The van der Waals surface area contributed by atoms with Crippen molar-refractivity contribution in [3.8, 4) is 0 Å². The standard InChI is InChI=1S/C13H23NO5/c1-5-18-12(16)9-7(3)14-8(4)10(11(9)15)13(17)19-6-2/h7-11,14-15H,5-6H2,1-4H3. The number of hydrogen-bond donors (Lipinski definition) is 2. The van der Waals surface area contributed by atoms with Crippen LogP contribution in [0.4, 0.5) is 0 Å². The smallest absolute Gasteiger partial charge is 0.313 e. The lowest BCUT2D eigenvalue weighted by Gasteiger charge is -2.41. The van der Waals surface area contributed by atoms with Gasteiger partial charge in [-0.3, -0.25) is 9.59 Å². The van der Waals surface area contributed by atoms with Crippen molar-refractivity contribution < 1.29 is 24.2 Å². The van der Waals surface area contributed by atoms with Crippen LogP contribution in [0.5, 0.6) is 0 Å². The monoisotopic (exact) mass is 273 g/mol. The number of aliphatic hydroxyl groups excluding tert-OH is 1. The summed E-state index contributed by atoms with van der Waals surface area (Å²) in [7, 11) is 0. The molecule has 0 spiro atoms. The zero-order valence-electron chi connectivity index (χ0n) is 11.9. The van der Waals surface area contributed by atoms with E-state index in [0.29, 0.717) is 0 Å². The maximum Gasteiger partial charge on any atom is 0.313 e. The minimum absolute atomic E-state index is 0.244. The van der Waals surface area contributed by atoms with Crippen LogP contribution in [0.2, 0.25) is 0 Å². The van der Waals surface area contributed by atoms with Gasteiger partial charge in [-0.05, 0) is 27.7 Å². The second-order valence-corrected chi connectivity index (χ2v) is 4.79. The van der Waals surface area contributed by atoms with Crippen LogP contribution in [-0.4, -0.2) is 48.4 Å². The second kappa shape index (κ2) is 6.86. The number of hydrogen-bond acceptors (Lipinski definition) is 6. The van der Waals surface area contributed by atoms with E-state index in [0.717, 1.165) is 0 Å². The van der Waals surface area contributed by atoms with Gasteiger partial charge in [-0.25, -0.2) is 0 Å². The van der Waals surface area contributed by atoms with Crippen LogP contribution in [0.3, 0.4) is 0 Å². The van der Waals surface area contributed by atoms with Gasteiger partial charge >= 0.3 is 11.9 Å². The van der Waals surface area contributed by atoms with Gasteiger partial charge in [0.1, 0.15) is 0 Å². The molecule has 1 rings (SSSR count). The largest absolute Gasteiger partial charge is 0.466 e. The summed E-state index contributed by atoms with van der Waals surface area (Å²) in [5, 5.41) is 13.4. The van der Waals surface area contributed by atoms with E-state index in [2.05, 4.69) is 5.32 Å². The molecule has 6 nitrogen and oxygen atoms in total. The number of nitrogens with one attached hydrogen (secondary N) is 1. The third-order valence-corrected chi connectivity index (χ3v) is 3.46. The van der Waals surface area contributed by atoms with Crippen LogP contribution in [-0.2, 0) is 19.1 Å². The van der Waals surface area contributed by atoms with E-state index in [1.165, 1.54) is 0 Å². The maximum absolute atomic E-state index is 11.9. The Labute approximate surface area is 113 Å². The van der Waals surface area contributed by atoms with Crippen molar-refractivity contribution in [2.75, 3.05) is 13.2 Å². The van der Waals surface area contributed by atoms with Crippen molar-refractivity contribution in [1.29, 1.82) is 0 Å². The van der Waals surface area contributed by atoms with Gasteiger partial charge in [0.2, 0.25) is 0 Å². The molecular formula is C13H23NO5. The van der Waals surface area contributed by atoms with E-state index >= 15 is 0 Å². The molecule has 0 aliphatic carbocycles. The Morgan fingerprint density at radius 2 is 1.37 bits per heavy atom. The highest BCUT2D eigenvalue weighted by atomic mass is 16.5. The van der Waals surface area contributed by atoms with Gasteiger partial charge < -0.3 is 19.9 Å². The molecule has 0 saturated carbocycles. The lowest BCUT2D eigenvalue weighted by Crippen LogP contribution is -2.61. The molecule has 1 fully saturated rings. The van der Waals surface area contributed by atoms with Crippen molar-refractivity contribution in [3.63, 3.8) is 0 Å². The molecule has 6 heteroatoms. The van der Waals surface area contributed by atoms with E-state index in [9.17, 15) is 14.7 Å². The molecule has 0 amide bonds. The molecule has 1 aliphatic heterocycles. The highest BCUT2D eigenvalue weighted by molar-refractivity contribution is 5.79. The molecule has 4 atom stereocenters. The number of piperidine rings is 1. The van der Waals surface area contributed by atoms with E-state index in [4.69, 9.17) is 9.47 Å². The van der Waals surface area contributed by atoms with Crippen LogP contribution in [0.25, 0.3) is 0 Å². The van der Waals surface area contributed by atoms with Crippen molar-refractivity contribution in [1.82, 2.24) is 5.32 Å². The molecule has 0 aromatic heterocycles. The lowest BCUT2D eigenvalue weighted by atomic mass is 9.78. The number of aliphatic hydroxyl groups is 1. The van der Waals surface area contributed by atoms with Crippen LogP contribution in [0.1, 0.15) is 27.7 Å². The minimum Gasteiger partial charge on any atom is -0.466 e. The summed E-state index contributed by atoms with van der Waals surface area (Å²) < 4.78 is 9.91. The van der Waals surface area contributed by atoms with Gasteiger partial charge in [0.05, 0.1) is 31.2 Å². The van der Waals surface area contributed by atoms with Gasteiger partial charge in [-0.15, -0.1) is 0 Å². The lowest BCUT2D eigenvalue weighted by molar-refractivity contribution is -0.167. The summed E-state index contributed by atoms with van der Waals surface area (Å²) in [4.78, 5) is 23.8. The van der Waals surface area contributed by atoms with Gasteiger partial charge in [0.15, 0.2) is 0 Å². The third kappa shape index (κ3) is 3.45. The van der Waals surface area contributed by atoms with E-state index < -0.39 is 29.9 Å². The summed E-state index contributed by atoms with van der Waals surface area (Å²) in [6, 6.07) is -0.510. The minimum atomic E-state index is -1.09. The van der Waals surface area contributed by atoms with Crippen LogP contribution >= 0.6 is 0 Å². The fourth-order valence-corrected chi connectivity index (χ4v) is 2.60. The number of carbonyl (C=O) groups excluding carboxylic acids is 2. The first kappa shape index (κ1) is 15.9. The quantitative estimate of drug-likeness (QED) is 0.706. The first-order chi connectivity index (χ1) is 8.93. The Bertz CT molecular complexity index is 303. The zero-order valence-corrected chi connectivity index (χ0v) is 11.9. The molecule has 19 heavy (non-hydrogen) atoms. The molecule has 0 bridgehead atoms. The van der Waals surface area contributed by atoms with Gasteiger partial charge in [0, 0.05) is 12.1 Å². The number of ether oxygens (including phenoxy) is 2. The maximum atomic E-state index is 11.9. The molecule has 4 unspecified atom stereocenters. The van der Waals surface area contributed by atoms with Crippen LogP contribution < -0.4 is 5.32 Å². The van der Waals surface area contributed by atoms with Crippen molar-refractivity contribution >= 4 is 11.9 Å². The predicted molar refractivity (Wildman–Crippen MR) is 68.3 cm³/mol. The topological polar surface area (TPSA) is 84.9 Å². The number of rotatable bonds is 4. The summed E-state index contributed by atoms with van der Waals surface area (Å²) in [5.41, 5.74) is 0. The molecule has 2 N–H and O–H groups in total. The predicted octanol–water partition coefficient (Wildman–Crippen LogP) is 0.0861. The molecule has 110 valence electrons. The van der Waals surface area contributed by atoms with E-state index in [1.54, 1.807) is 27.7 Å². The van der Waals surface area contributed by atoms with Crippen molar-refractivity contribution in [3.05, 3.63) is 0 Å². The SMILES string of the molecule is CCOC(=O)C1C(C)NC(C)C(C(=O)OCC)C1O. The van der Waals surface area contributed by atoms with Crippen molar-refractivity contribution in [2.45, 2.75) is 45.9 Å². The average molecular weight is 273 g/mol. The molecule has 1 aliphatic rings. The molecule has 1 saturated heterocycles. The highest BCUT2D eigenvalue weighted by Crippen LogP contribution is 2.28. The Hall–Kier alpha value is -1.14. The Morgan fingerprint density at radius 1 is 1.00 bits per heavy atom. The molecule has 0 aromatic carbocycles. The van der Waals surface area contributed by atoms with E-state index in [1.807, 2.05) is 0 Å². The average Bonchev–Trinajstić information content (AvgIpc) is 2.28.